The third-order valence-electron chi connectivity index (χ3n) is 4.84. The van der Waals surface area contributed by atoms with Gasteiger partial charge in [-0.2, -0.15) is 10.2 Å². The van der Waals surface area contributed by atoms with E-state index in [1.165, 1.54) is 40.8 Å². The molecule has 178 valence electrons. The fraction of sp³-hybridized carbons (Fsp3) is 0.0833. The number of ether oxygens (including phenoxy) is 1. The molecule has 3 aromatic carbocycles. The van der Waals surface area contributed by atoms with Crippen LogP contribution in [0.1, 0.15) is 11.1 Å². The quantitative estimate of drug-likeness (QED) is 0.199. The van der Waals surface area contributed by atoms with Crippen LogP contribution in [0.15, 0.2) is 84.2 Å². The van der Waals surface area contributed by atoms with Crippen LogP contribution in [0, 0.1) is 6.92 Å². The molecule has 0 saturated heterocycles. The van der Waals surface area contributed by atoms with Crippen LogP contribution in [0.4, 0.5) is 18.9 Å². The second-order valence-corrected chi connectivity index (χ2v) is 7.50. The van der Waals surface area contributed by atoms with Crippen LogP contribution in [0.5, 0.6) is 5.75 Å². The van der Waals surface area contributed by atoms with Gasteiger partial charge in [-0.25, -0.2) is 9.67 Å². The summed E-state index contributed by atoms with van der Waals surface area (Å²) in [4.78, 5) is 4.30. The summed E-state index contributed by atoms with van der Waals surface area (Å²) in [5.74, 6) is 0.161. The number of aromatic nitrogens is 3. The minimum atomic E-state index is -4.74. The molecule has 11 heteroatoms. The number of nitrogens with one attached hydrogen (secondary N) is 1. The van der Waals surface area contributed by atoms with Gasteiger partial charge in [-0.05, 0) is 48.4 Å². The van der Waals surface area contributed by atoms with Crippen molar-refractivity contribution in [1.82, 2.24) is 20.2 Å². The molecule has 4 aromatic rings. The SMILES string of the molecule is Cc1ccccc1N(/N=C/c1ccc(-c2ncn(-c3ccc(OC(F)(F)F)cc3)n2)cc1)NC=S. The van der Waals surface area contributed by atoms with Gasteiger partial charge in [-0.15, -0.1) is 18.3 Å². The minimum absolute atomic E-state index is 0.305. The number of para-hydroxylation sites is 1. The molecular weight excluding hydrogens is 477 g/mol. The molecule has 7 nitrogen and oxygen atoms in total. The van der Waals surface area contributed by atoms with Gasteiger partial charge in [0.1, 0.15) is 12.1 Å². The predicted octanol–water partition coefficient (Wildman–Crippen LogP) is 5.44. The van der Waals surface area contributed by atoms with Gasteiger partial charge in [0.15, 0.2) is 5.82 Å². The van der Waals surface area contributed by atoms with Gasteiger partial charge >= 0.3 is 6.36 Å². The highest BCUT2D eigenvalue weighted by Crippen LogP contribution is 2.24. The topological polar surface area (TPSA) is 67.6 Å². The average molecular weight is 497 g/mol. The van der Waals surface area contributed by atoms with Gasteiger partial charge in [-0.3, -0.25) is 5.43 Å². The number of hydrazone groups is 1. The Kier molecular flexibility index (Phi) is 7.06. The monoisotopic (exact) mass is 496 g/mol. The molecular formula is C24H19F3N6OS. The number of hydrazine groups is 1. The number of hydrogen-bond acceptors (Lipinski definition) is 6. The fourth-order valence-electron chi connectivity index (χ4n) is 3.18. The summed E-state index contributed by atoms with van der Waals surface area (Å²) < 4.78 is 42.4. The number of nitrogens with zero attached hydrogens (tertiary/aromatic N) is 5. The molecule has 0 fully saturated rings. The van der Waals surface area contributed by atoms with Crippen LogP contribution in [-0.4, -0.2) is 32.8 Å². The van der Waals surface area contributed by atoms with E-state index < -0.39 is 6.36 Å². The van der Waals surface area contributed by atoms with Crippen LogP contribution >= 0.6 is 12.2 Å². The van der Waals surface area contributed by atoms with Crippen LogP contribution in [0.2, 0.25) is 0 Å². The molecule has 0 spiro atoms. The molecule has 0 bridgehead atoms. The van der Waals surface area contributed by atoms with Gasteiger partial charge in [0.05, 0.1) is 23.1 Å². The van der Waals surface area contributed by atoms with Crippen molar-refractivity contribution in [2.24, 2.45) is 5.10 Å². The van der Waals surface area contributed by atoms with Crippen molar-refractivity contribution >= 4 is 29.6 Å². The van der Waals surface area contributed by atoms with Crippen molar-refractivity contribution in [3.05, 3.63) is 90.3 Å². The van der Waals surface area contributed by atoms with Crippen molar-refractivity contribution < 1.29 is 17.9 Å². The normalized spacial score (nSPS) is 11.4. The summed E-state index contributed by atoms with van der Waals surface area (Å²) >= 11 is 4.92. The van der Waals surface area contributed by atoms with E-state index in [1.807, 2.05) is 55.5 Å². The molecule has 0 radical (unpaired) electrons. The van der Waals surface area contributed by atoms with Gasteiger partial charge < -0.3 is 4.74 Å². The lowest BCUT2D eigenvalue weighted by molar-refractivity contribution is -0.274. The first-order chi connectivity index (χ1) is 16.8. The maximum atomic E-state index is 12.3. The lowest BCUT2D eigenvalue weighted by Gasteiger charge is -2.19. The van der Waals surface area contributed by atoms with Crippen molar-refractivity contribution in [2.75, 3.05) is 5.12 Å². The van der Waals surface area contributed by atoms with Crippen molar-refractivity contribution in [2.45, 2.75) is 13.3 Å². The Hall–Kier alpha value is -4.25. The zero-order valence-corrected chi connectivity index (χ0v) is 19.2. The Bertz CT molecular complexity index is 1320. The van der Waals surface area contributed by atoms with Crippen molar-refractivity contribution in [1.29, 1.82) is 0 Å². The molecule has 1 N–H and O–H groups in total. The second-order valence-electron chi connectivity index (χ2n) is 7.27. The summed E-state index contributed by atoms with van der Waals surface area (Å²) in [5.41, 5.74) is 8.37. The van der Waals surface area contributed by atoms with Gasteiger partial charge in [-0.1, -0.05) is 54.7 Å². The molecule has 0 aliphatic carbocycles. The highest BCUT2D eigenvalue weighted by molar-refractivity contribution is 7.78. The first-order valence-electron chi connectivity index (χ1n) is 10.3. The Morgan fingerprint density at radius 3 is 2.40 bits per heavy atom. The zero-order valence-electron chi connectivity index (χ0n) is 18.3. The maximum Gasteiger partial charge on any atom is 0.573 e. The second kappa shape index (κ2) is 10.3. The van der Waals surface area contributed by atoms with E-state index in [0.717, 1.165) is 22.4 Å². The lowest BCUT2D eigenvalue weighted by Crippen LogP contribution is -2.32. The molecule has 0 aliphatic rings. The number of hydrogen-bond donors (Lipinski definition) is 1. The smallest absolute Gasteiger partial charge is 0.406 e. The average Bonchev–Trinajstić information content (AvgIpc) is 3.32. The molecule has 4 rings (SSSR count). The number of alkyl halides is 3. The minimum Gasteiger partial charge on any atom is -0.406 e. The molecule has 0 atom stereocenters. The summed E-state index contributed by atoms with van der Waals surface area (Å²) in [6.45, 7) is 1.98. The maximum absolute atomic E-state index is 12.3. The number of aryl methyl sites for hydroxylation is 1. The molecule has 35 heavy (non-hydrogen) atoms. The van der Waals surface area contributed by atoms with E-state index in [9.17, 15) is 13.2 Å². The van der Waals surface area contributed by atoms with Crippen LogP contribution in [0.25, 0.3) is 17.1 Å². The highest BCUT2D eigenvalue weighted by Gasteiger charge is 2.31. The number of thiocarbonyl (C=S) groups is 1. The number of rotatable bonds is 8. The molecule has 0 aliphatic heterocycles. The largest absolute Gasteiger partial charge is 0.573 e. The van der Waals surface area contributed by atoms with Crippen LogP contribution < -0.4 is 15.3 Å². The van der Waals surface area contributed by atoms with Gasteiger partial charge in [0, 0.05) is 5.56 Å². The Morgan fingerprint density at radius 2 is 1.74 bits per heavy atom. The van der Waals surface area contributed by atoms with E-state index in [0.29, 0.717) is 11.5 Å². The van der Waals surface area contributed by atoms with E-state index in [-0.39, 0.29) is 5.75 Å². The number of anilines is 1. The van der Waals surface area contributed by atoms with E-state index in [4.69, 9.17) is 12.2 Å². The molecule has 0 saturated carbocycles. The zero-order chi connectivity index (χ0) is 24.8. The molecule has 1 heterocycles. The third-order valence-corrected chi connectivity index (χ3v) is 4.94. The number of halogens is 3. The van der Waals surface area contributed by atoms with Crippen molar-refractivity contribution in [3.8, 4) is 22.8 Å². The standard InChI is InChI=1S/C24H19F3N6OS/c1-17-4-2-3-5-22(17)33(30-16-35)29-14-18-6-8-19(9-7-18)23-28-15-32(31-23)20-10-12-21(13-11-20)34-24(25,26)27/h2-16H,1H3,(H,30,35)/b29-14+. The predicted molar refractivity (Wildman–Crippen MR) is 132 cm³/mol. The van der Waals surface area contributed by atoms with Crippen molar-refractivity contribution in [3.63, 3.8) is 0 Å². The van der Waals surface area contributed by atoms with Gasteiger partial charge in [0.2, 0.25) is 0 Å². The first kappa shape index (κ1) is 23.9. The van der Waals surface area contributed by atoms with E-state index in [1.54, 1.807) is 11.3 Å². The summed E-state index contributed by atoms with van der Waals surface area (Å²) in [7, 11) is 0. The molecule has 0 unspecified atom stereocenters. The highest BCUT2D eigenvalue weighted by atomic mass is 32.1. The Balaban J connectivity index is 1.46. The fourth-order valence-corrected chi connectivity index (χ4v) is 3.28. The molecule has 0 amide bonds. The summed E-state index contributed by atoms with van der Waals surface area (Å²) in [6.07, 6.45) is -1.56. The summed E-state index contributed by atoms with van der Waals surface area (Å²) in [5, 5.41) is 10.5. The van der Waals surface area contributed by atoms with E-state index in [2.05, 4.69) is 25.3 Å². The lowest BCUT2D eigenvalue weighted by atomic mass is 10.1. The third kappa shape index (κ3) is 6.21. The number of benzene rings is 3. The molecule has 1 aromatic heterocycles. The Labute approximate surface area is 204 Å². The summed E-state index contributed by atoms with van der Waals surface area (Å²) in [6, 6.07) is 20.6. The van der Waals surface area contributed by atoms with Crippen LogP contribution in [0.3, 0.4) is 0 Å². The Morgan fingerprint density at radius 1 is 1.03 bits per heavy atom. The van der Waals surface area contributed by atoms with Crippen LogP contribution in [-0.2, 0) is 0 Å². The first-order valence-corrected chi connectivity index (χ1v) is 10.8. The van der Waals surface area contributed by atoms with E-state index >= 15 is 0 Å². The van der Waals surface area contributed by atoms with Gasteiger partial charge in [0.25, 0.3) is 0 Å².